The van der Waals surface area contributed by atoms with Gasteiger partial charge >= 0.3 is 0 Å². The SMILES string of the molecule is CCCNC(=O)CCNC(=O)C(C)(N)c1ccccc1.Cl. The number of carbonyl (C=O) groups excluding carboxylic acids is 2. The van der Waals surface area contributed by atoms with E-state index in [0.717, 1.165) is 12.0 Å². The van der Waals surface area contributed by atoms with Crippen molar-refractivity contribution in [1.29, 1.82) is 0 Å². The fourth-order valence-corrected chi connectivity index (χ4v) is 1.74. The Bertz CT molecular complexity index is 449. The van der Waals surface area contributed by atoms with Gasteiger partial charge in [-0.2, -0.15) is 0 Å². The summed E-state index contributed by atoms with van der Waals surface area (Å²) >= 11 is 0. The zero-order chi connectivity index (χ0) is 15.0. The zero-order valence-electron chi connectivity index (χ0n) is 12.5. The first-order valence-electron chi connectivity index (χ1n) is 6.88. The van der Waals surface area contributed by atoms with Crippen LogP contribution in [0.1, 0.15) is 32.3 Å². The maximum Gasteiger partial charge on any atom is 0.244 e. The molecule has 0 bridgehead atoms. The van der Waals surface area contributed by atoms with Crippen LogP contribution in [-0.2, 0) is 15.1 Å². The molecule has 0 saturated heterocycles. The third-order valence-corrected chi connectivity index (χ3v) is 3.05. The van der Waals surface area contributed by atoms with E-state index in [1.54, 1.807) is 6.92 Å². The number of nitrogens with two attached hydrogens (primary N) is 1. The summed E-state index contributed by atoms with van der Waals surface area (Å²) in [6, 6.07) is 9.18. The van der Waals surface area contributed by atoms with Gasteiger partial charge < -0.3 is 16.4 Å². The van der Waals surface area contributed by atoms with Gasteiger partial charge in [0.15, 0.2) is 0 Å². The molecule has 0 aliphatic carbocycles. The van der Waals surface area contributed by atoms with Gasteiger partial charge in [0, 0.05) is 19.5 Å². The van der Waals surface area contributed by atoms with Gasteiger partial charge in [-0.1, -0.05) is 37.3 Å². The van der Waals surface area contributed by atoms with Crippen LogP contribution in [-0.4, -0.2) is 24.9 Å². The number of rotatable bonds is 7. The van der Waals surface area contributed by atoms with E-state index < -0.39 is 5.54 Å². The van der Waals surface area contributed by atoms with Gasteiger partial charge in [-0.25, -0.2) is 0 Å². The monoisotopic (exact) mass is 313 g/mol. The molecular formula is C15H24ClN3O2. The first kappa shape index (κ1) is 19.4. The van der Waals surface area contributed by atoms with Gasteiger partial charge in [-0.3, -0.25) is 9.59 Å². The third kappa shape index (κ3) is 6.14. The second-order valence-electron chi connectivity index (χ2n) is 4.92. The summed E-state index contributed by atoms with van der Waals surface area (Å²) in [6.45, 7) is 4.59. The number of amides is 2. The fraction of sp³-hybridized carbons (Fsp3) is 0.467. The van der Waals surface area contributed by atoms with Crippen LogP contribution in [0.15, 0.2) is 30.3 Å². The van der Waals surface area contributed by atoms with Crippen LogP contribution in [0, 0.1) is 0 Å². The van der Waals surface area contributed by atoms with Crippen molar-refractivity contribution in [3.63, 3.8) is 0 Å². The lowest BCUT2D eigenvalue weighted by atomic mass is 9.92. The Kier molecular flexibility index (Phi) is 8.66. The predicted molar refractivity (Wildman–Crippen MR) is 86.2 cm³/mol. The molecule has 1 aromatic rings. The molecule has 0 aromatic heterocycles. The van der Waals surface area contributed by atoms with Crippen molar-refractivity contribution < 1.29 is 9.59 Å². The lowest BCUT2D eigenvalue weighted by Crippen LogP contribution is -2.49. The maximum absolute atomic E-state index is 12.1. The Morgan fingerprint density at radius 2 is 1.76 bits per heavy atom. The lowest BCUT2D eigenvalue weighted by molar-refractivity contribution is -0.126. The molecule has 1 rings (SSSR count). The van der Waals surface area contributed by atoms with E-state index in [4.69, 9.17) is 5.73 Å². The van der Waals surface area contributed by atoms with E-state index in [2.05, 4.69) is 10.6 Å². The van der Waals surface area contributed by atoms with Gasteiger partial charge in [-0.05, 0) is 18.9 Å². The summed E-state index contributed by atoms with van der Waals surface area (Å²) in [5.41, 5.74) is 5.71. The summed E-state index contributed by atoms with van der Waals surface area (Å²) < 4.78 is 0. The minimum Gasteiger partial charge on any atom is -0.356 e. The molecular weight excluding hydrogens is 290 g/mol. The quantitative estimate of drug-likeness (QED) is 0.709. The van der Waals surface area contributed by atoms with Crippen LogP contribution < -0.4 is 16.4 Å². The Morgan fingerprint density at radius 3 is 2.33 bits per heavy atom. The molecule has 0 spiro atoms. The van der Waals surface area contributed by atoms with Crippen LogP contribution in [0.4, 0.5) is 0 Å². The molecule has 0 aliphatic rings. The first-order valence-corrected chi connectivity index (χ1v) is 6.88. The smallest absolute Gasteiger partial charge is 0.244 e. The fourth-order valence-electron chi connectivity index (χ4n) is 1.74. The van der Waals surface area contributed by atoms with Crippen LogP contribution in [0.5, 0.6) is 0 Å². The van der Waals surface area contributed by atoms with Crippen molar-refractivity contribution in [2.75, 3.05) is 13.1 Å². The highest BCUT2D eigenvalue weighted by atomic mass is 35.5. The summed E-state index contributed by atoms with van der Waals surface area (Å²) in [4.78, 5) is 23.5. The average Bonchev–Trinajstić information content (AvgIpc) is 2.45. The summed E-state index contributed by atoms with van der Waals surface area (Å²) in [7, 11) is 0. The molecule has 21 heavy (non-hydrogen) atoms. The van der Waals surface area contributed by atoms with Crippen molar-refractivity contribution in [2.24, 2.45) is 5.73 Å². The molecule has 2 amide bonds. The maximum atomic E-state index is 12.1. The van der Waals surface area contributed by atoms with Gasteiger partial charge in [0.2, 0.25) is 11.8 Å². The molecule has 0 radical (unpaired) electrons. The van der Waals surface area contributed by atoms with Gasteiger partial charge in [0.1, 0.15) is 5.54 Å². The van der Waals surface area contributed by atoms with Crippen molar-refractivity contribution in [3.8, 4) is 0 Å². The molecule has 0 aliphatic heterocycles. The van der Waals surface area contributed by atoms with Crippen molar-refractivity contribution in [1.82, 2.24) is 10.6 Å². The Balaban J connectivity index is 0.00000400. The highest BCUT2D eigenvalue weighted by molar-refractivity contribution is 5.87. The number of halogens is 1. The normalized spacial score (nSPS) is 12.7. The van der Waals surface area contributed by atoms with Crippen LogP contribution in [0.2, 0.25) is 0 Å². The third-order valence-electron chi connectivity index (χ3n) is 3.05. The van der Waals surface area contributed by atoms with Gasteiger partial charge in [0.25, 0.3) is 0 Å². The molecule has 6 heteroatoms. The minimum atomic E-state index is -1.10. The lowest BCUT2D eigenvalue weighted by Gasteiger charge is -2.24. The molecule has 5 nitrogen and oxygen atoms in total. The van der Waals surface area contributed by atoms with E-state index in [1.165, 1.54) is 0 Å². The average molecular weight is 314 g/mol. The highest BCUT2D eigenvalue weighted by Gasteiger charge is 2.29. The van der Waals surface area contributed by atoms with Crippen molar-refractivity contribution in [3.05, 3.63) is 35.9 Å². The van der Waals surface area contributed by atoms with Crippen LogP contribution in [0.25, 0.3) is 0 Å². The van der Waals surface area contributed by atoms with Gasteiger partial charge in [-0.15, -0.1) is 12.4 Å². The largest absolute Gasteiger partial charge is 0.356 e. The Hall–Kier alpha value is -1.59. The number of nitrogens with one attached hydrogen (secondary N) is 2. The van der Waals surface area contributed by atoms with E-state index in [0.29, 0.717) is 6.54 Å². The molecule has 1 aromatic carbocycles. The summed E-state index contributed by atoms with van der Waals surface area (Å²) in [5.74, 6) is -0.349. The number of benzene rings is 1. The van der Waals surface area contributed by atoms with E-state index >= 15 is 0 Å². The molecule has 0 saturated carbocycles. The molecule has 118 valence electrons. The van der Waals surface area contributed by atoms with Gasteiger partial charge in [0.05, 0.1) is 0 Å². The number of hydrogen-bond acceptors (Lipinski definition) is 3. The molecule has 4 N–H and O–H groups in total. The van der Waals surface area contributed by atoms with Crippen LogP contribution in [0.3, 0.4) is 0 Å². The standard InChI is InChI=1S/C15H23N3O2.ClH/c1-3-10-17-13(19)9-11-18-14(20)15(2,16)12-7-5-4-6-8-12;/h4-8H,3,9-11,16H2,1-2H3,(H,17,19)(H,18,20);1H. The van der Waals surface area contributed by atoms with Crippen molar-refractivity contribution in [2.45, 2.75) is 32.2 Å². The Labute approximate surface area is 132 Å². The van der Waals surface area contributed by atoms with E-state index in [9.17, 15) is 9.59 Å². The predicted octanol–water partition coefficient (Wildman–Crippen LogP) is 1.31. The van der Waals surface area contributed by atoms with Crippen molar-refractivity contribution >= 4 is 24.2 Å². The number of hydrogen-bond donors (Lipinski definition) is 3. The summed E-state index contributed by atoms with van der Waals surface area (Å²) in [5, 5.41) is 5.46. The zero-order valence-corrected chi connectivity index (χ0v) is 13.3. The van der Waals surface area contributed by atoms with E-state index in [1.807, 2.05) is 37.3 Å². The highest BCUT2D eigenvalue weighted by Crippen LogP contribution is 2.17. The Morgan fingerprint density at radius 1 is 1.14 bits per heavy atom. The second-order valence-corrected chi connectivity index (χ2v) is 4.92. The summed E-state index contributed by atoms with van der Waals surface area (Å²) in [6.07, 6.45) is 1.16. The molecule has 0 fully saturated rings. The molecule has 1 atom stereocenters. The molecule has 0 heterocycles. The number of carbonyl (C=O) groups is 2. The first-order chi connectivity index (χ1) is 9.48. The van der Waals surface area contributed by atoms with E-state index in [-0.39, 0.29) is 37.2 Å². The molecule has 1 unspecified atom stereocenters. The minimum absolute atomic E-state index is 0. The second kappa shape index (κ2) is 9.37. The van der Waals surface area contributed by atoms with Crippen LogP contribution >= 0.6 is 12.4 Å². The topological polar surface area (TPSA) is 84.2 Å².